The average Bonchev–Trinajstić information content (AvgIpc) is 2.85. The number of nitrogens with one attached hydrogen (secondary N) is 2. The molecule has 0 aliphatic rings. The molecular formula is C15H27N5OS. The molecule has 0 aromatic carbocycles. The van der Waals surface area contributed by atoms with E-state index in [1.54, 1.807) is 23.3 Å². The molecule has 0 aliphatic heterocycles. The Hall–Kier alpha value is -1.63. The van der Waals surface area contributed by atoms with Crippen LogP contribution in [0.5, 0.6) is 0 Å². The summed E-state index contributed by atoms with van der Waals surface area (Å²) in [4.78, 5) is 22.5. The highest BCUT2D eigenvalue weighted by Gasteiger charge is 2.16. The first kappa shape index (κ1) is 18.4. The van der Waals surface area contributed by atoms with Crippen LogP contribution in [0.4, 0.5) is 0 Å². The molecule has 0 radical (unpaired) electrons. The predicted molar refractivity (Wildman–Crippen MR) is 92.2 cm³/mol. The lowest BCUT2D eigenvalue weighted by Gasteiger charge is -2.25. The lowest BCUT2D eigenvalue weighted by atomic mass is 10.1. The van der Waals surface area contributed by atoms with Crippen molar-refractivity contribution in [3.8, 4) is 0 Å². The number of aryl methyl sites for hydroxylation is 1. The number of nitrogens with zero attached hydrogens (tertiary/aromatic N) is 3. The first-order valence-electron chi connectivity index (χ1n) is 7.41. The number of likely N-dealkylation sites (N-methyl/N-ethyl adjacent to an activating group) is 1. The van der Waals surface area contributed by atoms with Gasteiger partial charge in [-0.15, -0.1) is 11.3 Å². The van der Waals surface area contributed by atoms with Crippen LogP contribution in [0.15, 0.2) is 10.4 Å². The predicted octanol–water partition coefficient (Wildman–Crippen LogP) is 1.63. The average molecular weight is 325 g/mol. The number of thiazole rings is 1. The maximum Gasteiger partial charge on any atom is 0.240 e. The number of aliphatic imine (C=N–C) groups is 1. The van der Waals surface area contributed by atoms with Crippen molar-refractivity contribution >= 4 is 23.2 Å². The number of hydrogen-bond donors (Lipinski definition) is 2. The summed E-state index contributed by atoms with van der Waals surface area (Å²) in [5.41, 5.74) is 0.766. The minimum Gasteiger partial charge on any atom is -0.351 e. The molecule has 0 unspecified atom stereocenters. The van der Waals surface area contributed by atoms with Gasteiger partial charge in [-0.25, -0.2) is 4.98 Å². The zero-order chi connectivity index (χ0) is 16.8. The summed E-state index contributed by atoms with van der Waals surface area (Å²) in [5, 5.41) is 9.35. The molecule has 0 bridgehead atoms. The van der Waals surface area contributed by atoms with Crippen molar-refractivity contribution in [3.63, 3.8) is 0 Å². The quantitative estimate of drug-likeness (QED) is 0.638. The lowest BCUT2D eigenvalue weighted by molar-refractivity contribution is -0.122. The van der Waals surface area contributed by atoms with Gasteiger partial charge in [-0.3, -0.25) is 9.79 Å². The molecule has 1 amide bonds. The second-order valence-corrected chi connectivity index (χ2v) is 7.08. The summed E-state index contributed by atoms with van der Waals surface area (Å²) in [6.07, 6.45) is 0.951. The van der Waals surface area contributed by atoms with Gasteiger partial charge in [-0.05, 0) is 27.2 Å². The second kappa shape index (κ2) is 8.12. The van der Waals surface area contributed by atoms with E-state index < -0.39 is 0 Å². The molecule has 0 saturated carbocycles. The Balaban J connectivity index is 2.51. The SMILES string of the molecule is CCc1nc(CNC(=NC)N(C)CC(=O)NC(C)(C)C)cs1. The lowest BCUT2D eigenvalue weighted by Crippen LogP contribution is -2.48. The Labute approximate surface area is 137 Å². The van der Waals surface area contributed by atoms with Crippen LogP contribution >= 0.6 is 11.3 Å². The van der Waals surface area contributed by atoms with Crippen molar-refractivity contribution in [3.05, 3.63) is 16.1 Å². The van der Waals surface area contributed by atoms with E-state index in [1.165, 1.54) is 0 Å². The van der Waals surface area contributed by atoms with Gasteiger partial charge in [0.2, 0.25) is 5.91 Å². The summed E-state index contributed by atoms with van der Waals surface area (Å²) in [6, 6.07) is 0. The van der Waals surface area contributed by atoms with E-state index in [9.17, 15) is 4.79 Å². The number of guanidine groups is 1. The van der Waals surface area contributed by atoms with Gasteiger partial charge in [0.25, 0.3) is 0 Å². The standard InChI is InChI=1S/C15H27N5OS/c1-7-13-18-11(10-22-13)8-17-14(16-5)20(6)9-12(21)19-15(2,3)4/h10H,7-9H2,1-6H3,(H,16,17)(H,19,21). The smallest absolute Gasteiger partial charge is 0.240 e. The van der Waals surface area contributed by atoms with Crippen molar-refractivity contribution in [2.45, 2.75) is 46.2 Å². The van der Waals surface area contributed by atoms with Crippen LogP contribution in [0.25, 0.3) is 0 Å². The minimum atomic E-state index is -0.230. The van der Waals surface area contributed by atoms with Gasteiger partial charge < -0.3 is 15.5 Å². The van der Waals surface area contributed by atoms with E-state index in [-0.39, 0.29) is 18.0 Å². The van der Waals surface area contributed by atoms with Crippen LogP contribution < -0.4 is 10.6 Å². The molecule has 1 aromatic heterocycles. The molecule has 22 heavy (non-hydrogen) atoms. The van der Waals surface area contributed by atoms with Gasteiger partial charge in [0, 0.05) is 25.0 Å². The van der Waals surface area contributed by atoms with Gasteiger partial charge in [-0.2, -0.15) is 0 Å². The molecule has 1 heterocycles. The molecule has 6 nitrogen and oxygen atoms in total. The molecular weight excluding hydrogens is 298 g/mol. The zero-order valence-electron chi connectivity index (χ0n) is 14.4. The van der Waals surface area contributed by atoms with Crippen LogP contribution in [-0.4, -0.2) is 47.9 Å². The van der Waals surface area contributed by atoms with Crippen molar-refractivity contribution in [1.29, 1.82) is 0 Å². The van der Waals surface area contributed by atoms with Crippen molar-refractivity contribution in [1.82, 2.24) is 20.5 Å². The molecule has 0 aliphatic carbocycles. The zero-order valence-corrected chi connectivity index (χ0v) is 15.2. The fourth-order valence-electron chi connectivity index (χ4n) is 1.89. The van der Waals surface area contributed by atoms with Crippen molar-refractivity contribution in [2.24, 2.45) is 4.99 Å². The van der Waals surface area contributed by atoms with Gasteiger partial charge in [0.15, 0.2) is 5.96 Å². The molecule has 2 N–H and O–H groups in total. The molecule has 7 heteroatoms. The monoisotopic (exact) mass is 325 g/mol. The summed E-state index contributed by atoms with van der Waals surface area (Å²) in [7, 11) is 3.55. The third-order valence-corrected chi connectivity index (χ3v) is 3.84. The maximum absolute atomic E-state index is 12.0. The Morgan fingerprint density at radius 2 is 2.14 bits per heavy atom. The van der Waals surface area contributed by atoms with E-state index in [0.717, 1.165) is 17.1 Å². The highest BCUT2D eigenvalue weighted by atomic mass is 32.1. The highest BCUT2D eigenvalue weighted by molar-refractivity contribution is 7.09. The van der Waals surface area contributed by atoms with Gasteiger partial charge in [0.1, 0.15) is 0 Å². The van der Waals surface area contributed by atoms with Crippen LogP contribution in [0.1, 0.15) is 38.4 Å². The van der Waals surface area contributed by atoms with Gasteiger partial charge >= 0.3 is 0 Å². The van der Waals surface area contributed by atoms with Gasteiger partial charge in [-0.1, -0.05) is 6.92 Å². The fraction of sp³-hybridized carbons (Fsp3) is 0.667. The van der Waals surface area contributed by atoms with E-state index in [1.807, 2.05) is 33.2 Å². The van der Waals surface area contributed by atoms with Crippen molar-refractivity contribution in [2.75, 3.05) is 20.6 Å². The van der Waals surface area contributed by atoms with E-state index >= 15 is 0 Å². The fourth-order valence-corrected chi connectivity index (χ4v) is 2.64. The van der Waals surface area contributed by atoms with Crippen LogP contribution in [-0.2, 0) is 17.8 Å². The Kier molecular flexibility index (Phi) is 6.80. The number of carbonyl (C=O) groups excluding carboxylic acids is 1. The summed E-state index contributed by atoms with van der Waals surface area (Å²) < 4.78 is 0. The van der Waals surface area contributed by atoms with E-state index in [2.05, 4.69) is 27.5 Å². The molecule has 0 fully saturated rings. The molecule has 0 atom stereocenters. The van der Waals surface area contributed by atoms with Crippen LogP contribution in [0.2, 0.25) is 0 Å². The number of amides is 1. The third kappa shape index (κ3) is 6.43. The maximum atomic E-state index is 12.0. The number of hydrogen-bond acceptors (Lipinski definition) is 4. The summed E-state index contributed by atoms with van der Waals surface area (Å²) in [5.74, 6) is 0.648. The highest BCUT2D eigenvalue weighted by Crippen LogP contribution is 2.09. The number of aromatic nitrogens is 1. The van der Waals surface area contributed by atoms with E-state index in [0.29, 0.717) is 12.5 Å². The first-order valence-corrected chi connectivity index (χ1v) is 8.29. The molecule has 0 spiro atoms. The molecule has 1 rings (SSSR count). The summed E-state index contributed by atoms with van der Waals surface area (Å²) >= 11 is 1.67. The molecule has 1 aromatic rings. The third-order valence-electron chi connectivity index (χ3n) is 2.80. The first-order chi connectivity index (χ1) is 10.2. The number of rotatable bonds is 5. The Morgan fingerprint density at radius 1 is 1.45 bits per heavy atom. The van der Waals surface area contributed by atoms with Crippen LogP contribution in [0, 0.1) is 0 Å². The molecule has 124 valence electrons. The topological polar surface area (TPSA) is 69.6 Å². The minimum absolute atomic E-state index is 0.0279. The molecule has 0 saturated heterocycles. The van der Waals surface area contributed by atoms with Crippen molar-refractivity contribution < 1.29 is 4.79 Å². The van der Waals surface area contributed by atoms with Crippen LogP contribution in [0.3, 0.4) is 0 Å². The summed E-state index contributed by atoms with van der Waals surface area (Å²) in [6.45, 7) is 8.85. The largest absolute Gasteiger partial charge is 0.351 e. The van der Waals surface area contributed by atoms with E-state index in [4.69, 9.17) is 0 Å². The normalized spacial score (nSPS) is 12.2. The Morgan fingerprint density at radius 3 is 2.64 bits per heavy atom. The van der Waals surface area contributed by atoms with Gasteiger partial charge in [0.05, 0.1) is 23.8 Å². The Bertz CT molecular complexity index is 518. The number of carbonyl (C=O) groups is 1. The second-order valence-electron chi connectivity index (χ2n) is 6.14.